The number of carbonyl (C=O) groups is 2. The molecule has 3 N–H and O–H groups in total. The highest BCUT2D eigenvalue weighted by atomic mass is 32.2. The van der Waals surface area contributed by atoms with E-state index < -0.39 is 39.1 Å². The summed E-state index contributed by atoms with van der Waals surface area (Å²) >= 11 is 1.09. The van der Waals surface area contributed by atoms with Gasteiger partial charge in [0.2, 0.25) is 5.91 Å². The van der Waals surface area contributed by atoms with Crippen LogP contribution in [0.5, 0.6) is 5.75 Å². The van der Waals surface area contributed by atoms with E-state index in [9.17, 15) is 34.9 Å². The summed E-state index contributed by atoms with van der Waals surface area (Å²) in [5, 5.41) is 45.9. The Morgan fingerprint density at radius 2 is 1.84 bits per heavy atom. The third-order valence-electron chi connectivity index (χ3n) is 5.40. The maximum atomic E-state index is 12.9. The number of phenols is 1. The monoisotopic (exact) mass is 543 g/mol. The van der Waals surface area contributed by atoms with E-state index in [0.29, 0.717) is 17.5 Å². The number of aromatic hydroxyl groups is 1. The van der Waals surface area contributed by atoms with Crippen molar-refractivity contribution in [1.82, 2.24) is 20.1 Å². The number of aromatic nitrogens is 3. The minimum absolute atomic E-state index is 0.0841. The molecule has 0 aliphatic heterocycles. The van der Waals surface area contributed by atoms with Crippen LogP contribution in [0.1, 0.15) is 43.0 Å². The van der Waals surface area contributed by atoms with Crippen molar-refractivity contribution in [2.45, 2.75) is 38.5 Å². The van der Waals surface area contributed by atoms with Crippen molar-refractivity contribution in [2.75, 3.05) is 11.1 Å². The second kappa shape index (κ2) is 12.1. The van der Waals surface area contributed by atoms with E-state index in [-0.39, 0.29) is 28.6 Å². The van der Waals surface area contributed by atoms with Crippen LogP contribution in [0.4, 0.5) is 17.1 Å². The molecule has 15 heteroatoms. The Balaban J connectivity index is 1.73. The van der Waals surface area contributed by atoms with Crippen LogP contribution in [0.25, 0.3) is 0 Å². The van der Waals surface area contributed by atoms with Crippen LogP contribution in [-0.2, 0) is 11.3 Å². The van der Waals surface area contributed by atoms with Crippen LogP contribution in [-0.4, -0.2) is 47.3 Å². The molecule has 1 aromatic heterocycles. The van der Waals surface area contributed by atoms with E-state index in [1.807, 2.05) is 20.8 Å². The van der Waals surface area contributed by atoms with Crippen molar-refractivity contribution in [3.8, 4) is 5.75 Å². The fraction of sp³-hybridized carbons (Fsp3) is 0.304. The van der Waals surface area contributed by atoms with Gasteiger partial charge >= 0.3 is 5.69 Å². The molecule has 0 radical (unpaired) electrons. The molecule has 2 amide bonds. The number of thioether (sulfide) groups is 1. The van der Waals surface area contributed by atoms with Crippen molar-refractivity contribution >= 4 is 40.6 Å². The minimum atomic E-state index is -0.756. The number of hydrogen-bond donors (Lipinski definition) is 3. The van der Waals surface area contributed by atoms with Gasteiger partial charge in [0, 0.05) is 36.0 Å². The number of nitrogens with one attached hydrogen (secondary N) is 2. The van der Waals surface area contributed by atoms with Crippen molar-refractivity contribution < 1.29 is 24.5 Å². The third-order valence-corrected chi connectivity index (χ3v) is 6.37. The normalized spacial score (nSPS) is 11.7. The van der Waals surface area contributed by atoms with Gasteiger partial charge in [0.05, 0.1) is 21.6 Å². The number of hydrogen-bond acceptors (Lipinski definition) is 10. The Morgan fingerprint density at radius 3 is 2.47 bits per heavy atom. The highest BCUT2D eigenvalue weighted by molar-refractivity contribution is 7.99. The van der Waals surface area contributed by atoms with Crippen LogP contribution in [0.2, 0.25) is 0 Å². The van der Waals surface area contributed by atoms with E-state index in [0.717, 1.165) is 23.9 Å². The lowest BCUT2D eigenvalue weighted by Gasteiger charge is -2.22. The van der Waals surface area contributed by atoms with Gasteiger partial charge in [0.15, 0.2) is 16.7 Å². The van der Waals surface area contributed by atoms with E-state index in [1.165, 1.54) is 30.3 Å². The Bertz CT molecular complexity index is 1380. The van der Waals surface area contributed by atoms with Gasteiger partial charge in [-0.3, -0.25) is 29.8 Å². The molecule has 0 fully saturated rings. The van der Waals surface area contributed by atoms with Crippen LogP contribution in [0, 0.1) is 26.1 Å². The van der Waals surface area contributed by atoms with Gasteiger partial charge in [-0.25, -0.2) is 0 Å². The largest absolute Gasteiger partial charge is 0.502 e. The van der Waals surface area contributed by atoms with E-state index in [4.69, 9.17) is 0 Å². The molecule has 0 aliphatic rings. The number of amides is 2. The van der Waals surface area contributed by atoms with Crippen LogP contribution in [0.15, 0.2) is 47.6 Å². The molecule has 0 saturated carbocycles. The summed E-state index contributed by atoms with van der Waals surface area (Å²) < 4.78 is 1.75. The van der Waals surface area contributed by atoms with E-state index in [1.54, 1.807) is 4.57 Å². The van der Waals surface area contributed by atoms with Crippen molar-refractivity contribution in [3.63, 3.8) is 0 Å². The molecular weight excluding hydrogens is 518 g/mol. The molecule has 200 valence electrons. The van der Waals surface area contributed by atoms with Gasteiger partial charge in [-0.2, -0.15) is 0 Å². The maximum Gasteiger partial charge on any atom is 0.312 e. The zero-order chi connectivity index (χ0) is 28.0. The first-order chi connectivity index (χ1) is 18.0. The number of rotatable bonds is 11. The molecule has 3 aromatic rings. The van der Waals surface area contributed by atoms with Crippen LogP contribution < -0.4 is 10.6 Å². The molecular formula is C23H25N7O7S. The van der Waals surface area contributed by atoms with E-state index >= 15 is 0 Å². The number of anilines is 1. The predicted molar refractivity (Wildman–Crippen MR) is 138 cm³/mol. The number of phenolic OH excluding ortho intramolecular Hbond substituents is 1. The minimum Gasteiger partial charge on any atom is -0.502 e. The highest BCUT2D eigenvalue weighted by Gasteiger charge is 2.27. The van der Waals surface area contributed by atoms with Gasteiger partial charge in [0.25, 0.3) is 11.6 Å². The lowest BCUT2D eigenvalue weighted by molar-refractivity contribution is -0.385. The summed E-state index contributed by atoms with van der Waals surface area (Å²) in [5.74, 6) is -1.21. The first-order valence-corrected chi connectivity index (χ1v) is 12.4. The first kappa shape index (κ1) is 28.0. The van der Waals surface area contributed by atoms with E-state index in [2.05, 4.69) is 20.8 Å². The number of carbonyl (C=O) groups excluding carboxylic acids is 2. The molecule has 1 heterocycles. The van der Waals surface area contributed by atoms with Gasteiger partial charge in [-0.15, -0.1) is 10.2 Å². The quantitative estimate of drug-likeness (QED) is 0.139. The summed E-state index contributed by atoms with van der Waals surface area (Å²) in [6, 6.07) is 8.35. The van der Waals surface area contributed by atoms with Gasteiger partial charge in [-0.1, -0.05) is 31.7 Å². The second-order valence-electron chi connectivity index (χ2n) is 8.39. The predicted octanol–water partition coefficient (Wildman–Crippen LogP) is 3.68. The Kier molecular flexibility index (Phi) is 8.96. The summed E-state index contributed by atoms with van der Waals surface area (Å²) in [4.78, 5) is 46.1. The third kappa shape index (κ3) is 6.61. The lowest BCUT2D eigenvalue weighted by atomic mass is 10.0. The molecule has 1 atom stereocenters. The van der Waals surface area contributed by atoms with Crippen molar-refractivity contribution in [1.29, 1.82) is 0 Å². The maximum absolute atomic E-state index is 12.9. The fourth-order valence-electron chi connectivity index (χ4n) is 3.52. The number of nitrogens with zero attached hydrogens (tertiary/aromatic N) is 5. The highest BCUT2D eigenvalue weighted by Crippen LogP contribution is 2.29. The summed E-state index contributed by atoms with van der Waals surface area (Å²) in [6.07, 6.45) is 0. The molecule has 14 nitrogen and oxygen atoms in total. The van der Waals surface area contributed by atoms with Gasteiger partial charge in [-0.05, 0) is 31.0 Å². The standard InChI is InChI=1S/C23H25N7O7S/c1-4-28-21(20(13(2)3)25-22(33)14-6-5-7-16(10-14)29(34)35)26-27-23(28)38-12-19(32)24-15-8-9-18(31)17(11-15)30(36)37/h5-11,13,20,31H,4,12H2,1-3H3,(H,24,32)(H,25,33)/t20-/m0/s1. The molecule has 38 heavy (non-hydrogen) atoms. The SMILES string of the molecule is CCn1c(SCC(=O)Nc2ccc(O)c([N+](=O)[O-])c2)nnc1[C@@H](NC(=O)c1cccc([N+](=O)[O-])c1)C(C)C. The second-order valence-corrected chi connectivity index (χ2v) is 9.33. The Morgan fingerprint density at radius 1 is 1.11 bits per heavy atom. The topological polar surface area (TPSA) is 195 Å². The van der Waals surface area contributed by atoms with Gasteiger partial charge < -0.3 is 20.3 Å². The van der Waals surface area contributed by atoms with Gasteiger partial charge in [0.1, 0.15) is 0 Å². The average Bonchev–Trinajstić information content (AvgIpc) is 3.29. The molecule has 0 spiro atoms. The van der Waals surface area contributed by atoms with Crippen LogP contribution >= 0.6 is 11.8 Å². The Labute approximate surface area is 220 Å². The zero-order valence-corrected chi connectivity index (χ0v) is 21.5. The first-order valence-electron chi connectivity index (χ1n) is 11.4. The number of nitro groups is 2. The number of benzene rings is 2. The molecule has 2 aromatic carbocycles. The molecule has 3 rings (SSSR count). The summed E-state index contributed by atoms with van der Waals surface area (Å²) in [6.45, 7) is 6.05. The van der Waals surface area contributed by atoms with Crippen molar-refractivity contribution in [2.24, 2.45) is 5.92 Å². The molecule has 0 saturated heterocycles. The summed E-state index contributed by atoms with van der Waals surface area (Å²) in [5.41, 5.74) is -0.443. The molecule has 0 unspecified atom stereocenters. The van der Waals surface area contributed by atoms with Crippen LogP contribution in [0.3, 0.4) is 0 Å². The molecule has 0 aliphatic carbocycles. The fourth-order valence-corrected chi connectivity index (χ4v) is 4.33. The van der Waals surface area contributed by atoms with Crippen molar-refractivity contribution in [3.05, 3.63) is 74.1 Å². The smallest absolute Gasteiger partial charge is 0.312 e. The number of non-ortho nitro benzene ring substituents is 1. The molecule has 0 bridgehead atoms. The average molecular weight is 544 g/mol. The lowest BCUT2D eigenvalue weighted by Crippen LogP contribution is -2.33. The number of nitro benzene ring substituents is 2. The Hall–Kier alpha value is -4.53. The zero-order valence-electron chi connectivity index (χ0n) is 20.7. The summed E-state index contributed by atoms with van der Waals surface area (Å²) in [7, 11) is 0.